The second-order valence-corrected chi connectivity index (χ2v) is 5.41. The number of carbonyl (C=O) groups excluding carboxylic acids is 2. The van der Waals surface area contributed by atoms with Crippen LogP contribution in [0.2, 0.25) is 0 Å². The summed E-state index contributed by atoms with van der Waals surface area (Å²) >= 11 is 0. The summed E-state index contributed by atoms with van der Waals surface area (Å²) in [5, 5.41) is 0. The quantitative estimate of drug-likeness (QED) is 0.475. The van der Waals surface area contributed by atoms with Crippen molar-refractivity contribution in [2.75, 3.05) is 20.8 Å². The van der Waals surface area contributed by atoms with Crippen LogP contribution in [0.5, 0.6) is 11.5 Å². The van der Waals surface area contributed by atoms with Gasteiger partial charge in [0.25, 0.3) is 0 Å². The number of Topliss-reactive ketones (excluding diaryl/α,β-unsaturated/α-hetero) is 1. The number of fused-ring (bicyclic) bond motifs is 1. The van der Waals surface area contributed by atoms with Gasteiger partial charge >= 0.3 is 5.97 Å². The Balaban J connectivity index is 2.40. The molecule has 1 aromatic carbocycles. The lowest BCUT2D eigenvalue weighted by Crippen LogP contribution is -2.41. The zero-order valence-electron chi connectivity index (χ0n) is 13.1. The van der Waals surface area contributed by atoms with Gasteiger partial charge in [-0.3, -0.25) is 9.59 Å². The molecule has 1 aliphatic rings. The van der Waals surface area contributed by atoms with E-state index in [4.69, 9.17) is 14.2 Å². The summed E-state index contributed by atoms with van der Waals surface area (Å²) < 4.78 is 15.6. The van der Waals surface area contributed by atoms with Gasteiger partial charge in [0.2, 0.25) is 0 Å². The van der Waals surface area contributed by atoms with E-state index in [9.17, 15) is 9.59 Å². The van der Waals surface area contributed by atoms with Gasteiger partial charge in [0.1, 0.15) is 12.0 Å². The van der Waals surface area contributed by atoms with Crippen molar-refractivity contribution in [2.24, 2.45) is 5.41 Å². The van der Waals surface area contributed by atoms with E-state index in [1.165, 1.54) is 13.2 Å². The number of ketones is 1. The Bertz CT molecular complexity index is 620. The number of esters is 1. The molecule has 0 fully saturated rings. The minimum atomic E-state index is -1.17. The van der Waals surface area contributed by atoms with E-state index in [0.717, 1.165) is 5.56 Å². The number of benzene rings is 1. The number of ether oxygens (including phenoxy) is 3. The van der Waals surface area contributed by atoms with Crippen LogP contribution in [-0.4, -0.2) is 32.6 Å². The Labute approximate surface area is 129 Å². The Morgan fingerprint density at radius 3 is 2.55 bits per heavy atom. The fraction of sp³-hybridized carbons (Fsp3) is 0.412. The number of carbonyl (C=O) groups is 2. The van der Waals surface area contributed by atoms with Crippen LogP contribution in [0.4, 0.5) is 0 Å². The molecule has 0 spiro atoms. The molecule has 1 aromatic rings. The third-order valence-corrected chi connectivity index (χ3v) is 4.03. The topological polar surface area (TPSA) is 61.8 Å². The third kappa shape index (κ3) is 2.58. The maximum absolute atomic E-state index is 12.8. The number of rotatable bonds is 5. The van der Waals surface area contributed by atoms with Crippen LogP contribution >= 0.6 is 0 Å². The maximum atomic E-state index is 12.8. The van der Waals surface area contributed by atoms with Gasteiger partial charge in [0.15, 0.2) is 17.3 Å². The largest absolute Gasteiger partial charge is 0.493 e. The van der Waals surface area contributed by atoms with Crippen molar-refractivity contribution in [3.63, 3.8) is 0 Å². The highest BCUT2D eigenvalue weighted by Crippen LogP contribution is 2.40. The molecule has 1 aliphatic carbocycles. The predicted octanol–water partition coefficient (Wildman–Crippen LogP) is 2.57. The molecule has 0 bridgehead atoms. The summed E-state index contributed by atoms with van der Waals surface area (Å²) in [6.07, 6.45) is 2.49. The van der Waals surface area contributed by atoms with Crippen molar-refractivity contribution in [1.82, 2.24) is 0 Å². The van der Waals surface area contributed by atoms with Crippen LogP contribution in [0.3, 0.4) is 0 Å². The van der Waals surface area contributed by atoms with Crippen LogP contribution in [0, 0.1) is 5.41 Å². The number of methoxy groups -OCH3 is 2. The van der Waals surface area contributed by atoms with E-state index >= 15 is 0 Å². The Kier molecular flexibility index (Phi) is 4.54. The molecule has 1 atom stereocenters. The van der Waals surface area contributed by atoms with E-state index < -0.39 is 11.4 Å². The lowest BCUT2D eigenvalue weighted by Gasteiger charge is -2.31. The summed E-state index contributed by atoms with van der Waals surface area (Å²) in [4.78, 5) is 25.0. The number of hydrogen-bond donors (Lipinski definition) is 0. The minimum absolute atomic E-state index is 0.0977. The second-order valence-electron chi connectivity index (χ2n) is 5.41. The van der Waals surface area contributed by atoms with Crippen molar-refractivity contribution >= 4 is 11.8 Å². The van der Waals surface area contributed by atoms with E-state index in [2.05, 4.69) is 6.58 Å². The molecule has 5 heteroatoms. The summed E-state index contributed by atoms with van der Waals surface area (Å²) in [6.45, 7) is 5.23. The lowest BCUT2D eigenvalue weighted by molar-refractivity contribution is -0.151. The van der Waals surface area contributed by atoms with Gasteiger partial charge in [-0.2, -0.15) is 0 Å². The molecule has 5 nitrogen and oxygen atoms in total. The molecule has 0 heterocycles. The molecule has 0 aromatic heterocycles. The molecule has 0 N–H and O–H groups in total. The first-order chi connectivity index (χ1) is 10.5. The standard InChI is InChI=1S/C17H20O5/c1-5-8-22-16(19)17(2)7-6-11-9-13(20-3)14(21-4)10-12(11)15(17)18/h5,9-10H,1,6-8H2,2-4H3. The molecule has 22 heavy (non-hydrogen) atoms. The first-order valence-electron chi connectivity index (χ1n) is 7.05. The fourth-order valence-corrected chi connectivity index (χ4v) is 2.62. The third-order valence-electron chi connectivity index (χ3n) is 4.03. The van der Waals surface area contributed by atoms with Crippen LogP contribution in [0.15, 0.2) is 24.8 Å². The molecule has 1 unspecified atom stereocenters. The van der Waals surface area contributed by atoms with Gasteiger partial charge in [0, 0.05) is 5.56 Å². The zero-order valence-corrected chi connectivity index (χ0v) is 13.1. The summed E-state index contributed by atoms with van der Waals surface area (Å²) in [6, 6.07) is 3.43. The first kappa shape index (κ1) is 16.1. The molecule has 0 aliphatic heterocycles. The molecular formula is C17H20O5. The Morgan fingerprint density at radius 1 is 1.32 bits per heavy atom. The van der Waals surface area contributed by atoms with E-state index in [-0.39, 0.29) is 12.4 Å². The fourth-order valence-electron chi connectivity index (χ4n) is 2.62. The van der Waals surface area contributed by atoms with E-state index in [1.807, 2.05) is 0 Å². The normalized spacial score (nSPS) is 20.0. The van der Waals surface area contributed by atoms with Gasteiger partial charge in [-0.25, -0.2) is 0 Å². The molecule has 0 saturated heterocycles. The van der Waals surface area contributed by atoms with Crippen molar-refractivity contribution in [2.45, 2.75) is 19.8 Å². The highest BCUT2D eigenvalue weighted by Gasteiger charge is 2.46. The lowest BCUT2D eigenvalue weighted by atomic mass is 9.71. The van der Waals surface area contributed by atoms with Crippen LogP contribution in [0.1, 0.15) is 29.3 Å². The van der Waals surface area contributed by atoms with Gasteiger partial charge in [-0.05, 0) is 37.5 Å². The molecule has 0 saturated carbocycles. The van der Waals surface area contributed by atoms with E-state index in [1.54, 1.807) is 26.2 Å². The van der Waals surface area contributed by atoms with Crippen molar-refractivity contribution in [3.8, 4) is 11.5 Å². The highest BCUT2D eigenvalue weighted by atomic mass is 16.5. The average molecular weight is 304 g/mol. The molecule has 0 radical (unpaired) electrons. The van der Waals surface area contributed by atoms with E-state index in [0.29, 0.717) is 29.9 Å². The molecule has 2 rings (SSSR count). The zero-order chi connectivity index (χ0) is 16.3. The number of aryl methyl sites for hydroxylation is 1. The monoisotopic (exact) mass is 304 g/mol. The average Bonchev–Trinajstić information content (AvgIpc) is 2.54. The van der Waals surface area contributed by atoms with Crippen LogP contribution in [-0.2, 0) is 16.0 Å². The van der Waals surface area contributed by atoms with Gasteiger partial charge in [-0.15, -0.1) is 0 Å². The SMILES string of the molecule is C=CCOC(=O)C1(C)CCc2cc(OC)c(OC)cc2C1=O. The van der Waals surface area contributed by atoms with Crippen LogP contribution < -0.4 is 9.47 Å². The van der Waals surface area contributed by atoms with Crippen LogP contribution in [0.25, 0.3) is 0 Å². The molecule has 118 valence electrons. The minimum Gasteiger partial charge on any atom is -0.493 e. The summed E-state index contributed by atoms with van der Waals surface area (Å²) in [7, 11) is 3.06. The molecular weight excluding hydrogens is 284 g/mol. The Hall–Kier alpha value is -2.30. The first-order valence-corrected chi connectivity index (χ1v) is 7.05. The number of hydrogen-bond acceptors (Lipinski definition) is 5. The van der Waals surface area contributed by atoms with Crippen molar-refractivity contribution < 1.29 is 23.8 Å². The van der Waals surface area contributed by atoms with Crippen molar-refractivity contribution in [1.29, 1.82) is 0 Å². The second kappa shape index (κ2) is 6.22. The van der Waals surface area contributed by atoms with Crippen molar-refractivity contribution in [3.05, 3.63) is 35.9 Å². The summed E-state index contributed by atoms with van der Waals surface area (Å²) in [5.74, 6) is 0.284. The molecule has 0 amide bonds. The van der Waals surface area contributed by atoms with Gasteiger partial charge in [-0.1, -0.05) is 12.7 Å². The smallest absolute Gasteiger partial charge is 0.320 e. The van der Waals surface area contributed by atoms with Gasteiger partial charge < -0.3 is 14.2 Å². The summed E-state index contributed by atoms with van der Waals surface area (Å²) in [5.41, 5.74) is 0.175. The Morgan fingerprint density at radius 2 is 1.95 bits per heavy atom. The predicted molar refractivity (Wildman–Crippen MR) is 81.5 cm³/mol. The maximum Gasteiger partial charge on any atom is 0.320 e. The van der Waals surface area contributed by atoms with Gasteiger partial charge in [0.05, 0.1) is 14.2 Å². The highest BCUT2D eigenvalue weighted by molar-refractivity contribution is 6.14.